The summed E-state index contributed by atoms with van der Waals surface area (Å²) in [5.74, 6) is 5.97. The van der Waals surface area contributed by atoms with Crippen molar-refractivity contribution in [2.75, 3.05) is 13.2 Å². The van der Waals surface area contributed by atoms with E-state index in [1.165, 1.54) is 0 Å². The predicted molar refractivity (Wildman–Crippen MR) is 65.0 cm³/mol. The van der Waals surface area contributed by atoms with Crippen LogP contribution in [0.2, 0.25) is 0 Å². The normalized spacial score (nSPS) is 10.0. The van der Waals surface area contributed by atoms with E-state index in [-0.39, 0.29) is 6.29 Å². The summed E-state index contributed by atoms with van der Waals surface area (Å²) in [5, 5.41) is 0. The fourth-order valence-electron chi connectivity index (χ4n) is 1.48. The Morgan fingerprint density at radius 2 is 1.75 bits per heavy atom. The van der Waals surface area contributed by atoms with Crippen LogP contribution in [0.15, 0.2) is 24.3 Å². The van der Waals surface area contributed by atoms with Crippen LogP contribution in [0, 0.1) is 11.8 Å². The molecule has 0 heterocycles. The van der Waals surface area contributed by atoms with Crippen molar-refractivity contribution in [1.29, 1.82) is 0 Å². The monoisotopic (exact) mass is 218 g/mol. The lowest BCUT2D eigenvalue weighted by atomic mass is 10.1. The lowest BCUT2D eigenvalue weighted by Gasteiger charge is -2.18. The topological polar surface area (TPSA) is 18.5 Å². The van der Waals surface area contributed by atoms with Crippen LogP contribution in [0.3, 0.4) is 0 Å². The van der Waals surface area contributed by atoms with Gasteiger partial charge in [-0.2, -0.15) is 0 Å². The molecule has 2 heteroatoms. The van der Waals surface area contributed by atoms with Crippen molar-refractivity contribution in [2.45, 2.75) is 27.1 Å². The van der Waals surface area contributed by atoms with Crippen molar-refractivity contribution in [1.82, 2.24) is 0 Å². The molecule has 0 atom stereocenters. The number of benzene rings is 1. The summed E-state index contributed by atoms with van der Waals surface area (Å²) in [4.78, 5) is 0. The maximum Gasteiger partial charge on any atom is 0.184 e. The highest BCUT2D eigenvalue weighted by molar-refractivity contribution is 5.41. The van der Waals surface area contributed by atoms with Crippen molar-refractivity contribution in [3.63, 3.8) is 0 Å². The first-order valence-corrected chi connectivity index (χ1v) is 5.58. The highest BCUT2D eigenvalue weighted by Crippen LogP contribution is 2.22. The van der Waals surface area contributed by atoms with Gasteiger partial charge in [-0.05, 0) is 26.8 Å². The van der Waals surface area contributed by atoms with E-state index in [0.29, 0.717) is 13.2 Å². The number of hydrogen-bond acceptors (Lipinski definition) is 2. The fourth-order valence-corrected chi connectivity index (χ4v) is 1.48. The van der Waals surface area contributed by atoms with E-state index >= 15 is 0 Å². The first-order valence-electron chi connectivity index (χ1n) is 5.58. The zero-order chi connectivity index (χ0) is 11.8. The van der Waals surface area contributed by atoms with E-state index < -0.39 is 0 Å². The van der Waals surface area contributed by atoms with Crippen LogP contribution < -0.4 is 0 Å². The summed E-state index contributed by atoms with van der Waals surface area (Å²) in [6, 6.07) is 7.92. The summed E-state index contributed by atoms with van der Waals surface area (Å²) >= 11 is 0. The molecule has 0 N–H and O–H groups in total. The molecule has 0 bridgehead atoms. The molecule has 0 saturated carbocycles. The van der Waals surface area contributed by atoms with E-state index in [1.54, 1.807) is 0 Å². The summed E-state index contributed by atoms with van der Waals surface area (Å²) in [6.45, 7) is 6.99. The van der Waals surface area contributed by atoms with Crippen molar-refractivity contribution >= 4 is 0 Å². The molecular formula is C14H18O2. The maximum absolute atomic E-state index is 5.57. The van der Waals surface area contributed by atoms with E-state index in [1.807, 2.05) is 45.0 Å². The molecule has 0 fully saturated rings. The largest absolute Gasteiger partial charge is 0.349 e. The van der Waals surface area contributed by atoms with Gasteiger partial charge >= 0.3 is 0 Å². The van der Waals surface area contributed by atoms with Gasteiger partial charge in [0.05, 0.1) is 0 Å². The molecule has 1 aromatic rings. The Labute approximate surface area is 97.6 Å². The molecule has 0 aliphatic carbocycles. The average molecular weight is 218 g/mol. The molecule has 0 radical (unpaired) electrons. The Morgan fingerprint density at radius 1 is 1.12 bits per heavy atom. The molecule has 0 unspecified atom stereocenters. The van der Waals surface area contributed by atoms with Crippen LogP contribution in [-0.2, 0) is 9.47 Å². The second kappa shape index (κ2) is 7.05. The van der Waals surface area contributed by atoms with Crippen molar-refractivity contribution in [2.24, 2.45) is 0 Å². The Hall–Kier alpha value is -1.30. The average Bonchev–Trinajstić information content (AvgIpc) is 2.30. The third kappa shape index (κ3) is 3.37. The van der Waals surface area contributed by atoms with Gasteiger partial charge in [0.15, 0.2) is 6.29 Å². The summed E-state index contributed by atoms with van der Waals surface area (Å²) in [5.41, 5.74) is 1.97. The highest BCUT2D eigenvalue weighted by atomic mass is 16.7. The van der Waals surface area contributed by atoms with Crippen LogP contribution in [0.5, 0.6) is 0 Å². The first-order chi connectivity index (χ1) is 7.83. The molecule has 1 rings (SSSR count). The molecule has 0 aliphatic heterocycles. The molecule has 2 nitrogen and oxygen atoms in total. The zero-order valence-electron chi connectivity index (χ0n) is 10.1. The van der Waals surface area contributed by atoms with E-state index in [4.69, 9.17) is 9.47 Å². The molecule has 0 aromatic heterocycles. The molecule has 16 heavy (non-hydrogen) atoms. The first kappa shape index (κ1) is 12.8. The third-order valence-electron chi connectivity index (χ3n) is 2.11. The van der Waals surface area contributed by atoms with Gasteiger partial charge in [0, 0.05) is 24.3 Å². The number of ether oxygens (including phenoxy) is 2. The number of hydrogen-bond donors (Lipinski definition) is 0. The van der Waals surface area contributed by atoms with Crippen LogP contribution >= 0.6 is 0 Å². The second-order valence-electron chi connectivity index (χ2n) is 3.20. The van der Waals surface area contributed by atoms with Crippen molar-refractivity contribution in [3.05, 3.63) is 35.4 Å². The van der Waals surface area contributed by atoms with Gasteiger partial charge in [-0.3, -0.25) is 0 Å². The minimum absolute atomic E-state index is 0.313. The second-order valence-corrected chi connectivity index (χ2v) is 3.20. The van der Waals surface area contributed by atoms with Crippen LogP contribution in [0.1, 0.15) is 38.2 Å². The maximum atomic E-state index is 5.57. The Kier molecular flexibility index (Phi) is 5.63. The molecule has 0 aliphatic rings. The molecule has 0 spiro atoms. The molecule has 86 valence electrons. The van der Waals surface area contributed by atoms with Crippen LogP contribution in [0.25, 0.3) is 0 Å². The quantitative estimate of drug-likeness (QED) is 0.558. The van der Waals surface area contributed by atoms with E-state index in [0.717, 1.165) is 11.1 Å². The Balaban J connectivity index is 3.00. The van der Waals surface area contributed by atoms with Gasteiger partial charge in [-0.1, -0.05) is 24.1 Å². The molecule has 0 saturated heterocycles. The van der Waals surface area contributed by atoms with Crippen LogP contribution in [-0.4, -0.2) is 13.2 Å². The lowest BCUT2D eigenvalue weighted by molar-refractivity contribution is -0.140. The minimum atomic E-state index is -0.313. The number of rotatable bonds is 5. The lowest BCUT2D eigenvalue weighted by Crippen LogP contribution is -2.10. The smallest absolute Gasteiger partial charge is 0.184 e. The van der Waals surface area contributed by atoms with Gasteiger partial charge in [-0.15, -0.1) is 5.92 Å². The molecular weight excluding hydrogens is 200 g/mol. The minimum Gasteiger partial charge on any atom is -0.349 e. The van der Waals surface area contributed by atoms with Crippen molar-refractivity contribution in [3.8, 4) is 11.8 Å². The zero-order valence-corrected chi connectivity index (χ0v) is 10.1. The van der Waals surface area contributed by atoms with Gasteiger partial charge in [0.25, 0.3) is 0 Å². The predicted octanol–water partition coefficient (Wildman–Crippen LogP) is 3.13. The molecule has 1 aromatic carbocycles. The Bertz CT molecular complexity index is 368. The van der Waals surface area contributed by atoms with E-state index in [9.17, 15) is 0 Å². The van der Waals surface area contributed by atoms with Crippen molar-refractivity contribution < 1.29 is 9.47 Å². The van der Waals surface area contributed by atoms with E-state index in [2.05, 4.69) is 11.8 Å². The standard InChI is InChI=1S/C14H18O2/c1-4-9-12-10-7-8-11-13(12)14(15-5-2)16-6-3/h7-8,10-11,14H,5-6H2,1-3H3. The summed E-state index contributed by atoms with van der Waals surface area (Å²) < 4.78 is 11.1. The molecule has 0 amide bonds. The van der Waals surface area contributed by atoms with Gasteiger partial charge in [0.2, 0.25) is 0 Å². The summed E-state index contributed by atoms with van der Waals surface area (Å²) in [6.07, 6.45) is -0.313. The Morgan fingerprint density at radius 3 is 2.31 bits per heavy atom. The summed E-state index contributed by atoms with van der Waals surface area (Å²) in [7, 11) is 0. The van der Waals surface area contributed by atoms with Gasteiger partial charge < -0.3 is 9.47 Å². The van der Waals surface area contributed by atoms with Gasteiger partial charge in [-0.25, -0.2) is 0 Å². The fraction of sp³-hybridized carbons (Fsp3) is 0.429. The van der Waals surface area contributed by atoms with Crippen LogP contribution in [0.4, 0.5) is 0 Å². The van der Waals surface area contributed by atoms with Gasteiger partial charge in [0.1, 0.15) is 0 Å². The SMILES string of the molecule is CC#Cc1ccccc1C(OCC)OCC. The highest BCUT2D eigenvalue weighted by Gasteiger charge is 2.13. The third-order valence-corrected chi connectivity index (χ3v) is 2.11.